The summed E-state index contributed by atoms with van der Waals surface area (Å²) in [6.45, 7) is 0.891. The maximum absolute atomic E-state index is 12.0. The first-order chi connectivity index (χ1) is 9.56. The van der Waals surface area contributed by atoms with Crippen LogP contribution in [0.5, 0.6) is 0 Å². The average molecular weight is 273 g/mol. The maximum Gasteiger partial charge on any atom is 0.238 e. The first-order valence-corrected chi connectivity index (χ1v) is 6.35. The van der Waals surface area contributed by atoms with Crippen molar-refractivity contribution in [3.63, 3.8) is 0 Å². The van der Waals surface area contributed by atoms with E-state index in [1.807, 2.05) is 41.9 Å². The molecular weight excluding hydrogens is 254 g/mol. The molecule has 20 heavy (non-hydrogen) atoms. The Morgan fingerprint density at radius 1 is 1.45 bits per heavy atom. The standard InChI is InChI=1S/C14H19N5O/c1-18(9-13-16-7-8-19(13)2)10-14(20)17-12-6-4-3-5-11(12)15/h3-8H,9-10,15H2,1-2H3,(H,17,20). The monoisotopic (exact) mass is 273 g/mol. The lowest BCUT2D eigenvalue weighted by Gasteiger charge is -2.16. The van der Waals surface area contributed by atoms with Gasteiger partial charge in [-0.05, 0) is 19.2 Å². The summed E-state index contributed by atoms with van der Waals surface area (Å²) in [6, 6.07) is 7.21. The van der Waals surface area contributed by atoms with Crippen LogP contribution in [0.4, 0.5) is 11.4 Å². The molecule has 0 spiro atoms. The molecule has 0 saturated carbocycles. The van der Waals surface area contributed by atoms with E-state index in [-0.39, 0.29) is 12.5 Å². The highest BCUT2D eigenvalue weighted by Gasteiger charge is 2.10. The van der Waals surface area contributed by atoms with Gasteiger partial charge >= 0.3 is 0 Å². The molecule has 6 heteroatoms. The number of hydrogen-bond acceptors (Lipinski definition) is 4. The zero-order valence-corrected chi connectivity index (χ0v) is 11.7. The number of nitrogen functional groups attached to an aromatic ring is 1. The number of nitrogens with one attached hydrogen (secondary N) is 1. The van der Waals surface area contributed by atoms with Crippen LogP contribution in [0, 0.1) is 0 Å². The fourth-order valence-electron chi connectivity index (χ4n) is 1.89. The highest BCUT2D eigenvalue weighted by atomic mass is 16.2. The number of benzene rings is 1. The van der Waals surface area contributed by atoms with E-state index in [0.717, 1.165) is 5.82 Å². The van der Waals surface area contributed by atoms with Gasteiger partial charge in [0.05, 0.1) is 24.5 Å². The zero-order valence-electron chi connectivity index (χ0n) is 11.7. The number of aromatic nitrogens is 2. The second-order valence-electron chi connectivity index (χ2n) is 4.76. The lowest BCUT2D eigenvalue weighted by molar-refractivity contribution is -0.117. The van der Waals surface area contributed by atoms with Gasteiger partial charge in [-0.2, -0.15) is 0 Å². The Bertz CT molecular complexity index is 593. The van der Waals surface area contributed by atoms with Crippen molar-refractivity contribution in [3.8, 4) is 0 Å². The fourth-order valence-corrected chi connectivity index (χ4v) is 1.89. The number of aryl methyl sites for hydroxylation is 1. The van der Waals surface area contributed by atoms with Crippen molar-refractivity contribution in [1.29, 1.82) is 0 Å². The number of likely N-dealkylation sites (N-methyl/N-ethyl adjacent to an activating group) is 1. The number of nitrogens with zero attached hydrogens (tertiary/aromatic N) is 3. The number of rotatable bonds is 5. The molecule has 0 fully saturated rings. The van der Waals surface area contributed by atoms with Crippen LogP contribution in [0.2, 0.25) is 0 Å². The minimum absolute atomic E-state index is 0.0976. The number of nitrogens with two attached hydrogens (primary N) is 1. The molecule has 2 rings (SSSR count). The first-order valence-electron chi connectivity index (χ1n) is 6.35. The smallest absolute Gasteiger partial charge is 0.238 e. The second kappa shape index (κ2) is 6.21. The summed E-state index contributed by atoms with van der Waals surface area (Å²) in [6.07, 6.45) is 3.63. The molecule has 0 saturated heterocycles. The Hall–Kier alpha value is -2.34. The molecule has 0 aliphatic carbocycles. The summed E-state index contributed by atoms with van der Waals surface area (Å²) in [5, 5.41) is 2.80. The van der Waals surface area contributed by atoms with Crippen molar-refractivity contribution < 1.29 is 4.79 Å². The first kappa shape index (κ1) is 14.1. The van der Waals surface area contributed by atoms with Gasteiger partial charge < -0.3 is 15.6 Å². The van der Waals surface area contributed by atoms with Crippen LogP contribution in [0.3, 0.4) is 0 Å². The third kappa shape index (κ3) is 3.58. The van der Waals surface area contributed by atoms with Crippen molar-refractivity contribution in [2.75, 3.05) is 24.6 Å². The summed E-state index contributed by atoms with van der Waals surface area (Å²) in [4.78, 5) is 18.1. The van der Waals surface area contributed by atoms with E-state index in [2.05, 4.69) is 10.3 Å². The lowest BCUT2D eigenvalue weighted by atomic mass is 10.2. The molecule has 0 radical (unpaired) electrons. The number of amides is 1. The van der Waals surface area contributed by atoms with Gasteiger partial charge in [-0.15, -0.1) is 0 Å². The molecule has 1 aromatic carbocycles. The number of anilines is 2. The van der Waals surface area contributed by atoms with Gasteiger partial charge in [0, 0.05) is 19.4 Å². The normalized spacial score (nSPS) is 10.8. The van der Waals surface area contributed by atoms with Gasteiger partial charge in [-0.1, -0.05) is 12.1 Å². The number of imidazole rings is 1. The second-order valence-corrected chi connectivity index (χ2v) is 4.76. The van der Waals surface area contributed by atoms with Crippen molar-refractivity contribution >= 4 is 17.3 Å². The van der Waals surface area contributed by atoms with Crippen LogP contribution in [-0.2, 0) is 18.4 Å². The Morgan fingerprint density at radius 3 is 2.85 bits per heavy atom. The molecule has 0 unspecified atom stereocenters. The van der Waals surface area contributed by atoms with E-state index in [1.165, 1.54) is 0 Å². The molecule has 3 N–H and O–H groups in total. The number of carbonyl (C=O) groups is 1. The summed E-state index contributed by atoms with van der Waals surface area (Å²) in [5.74, 6) is 0.819. The highest BCUT2D eigenvalue weighted by Crippen LogP contribution is 2.16. The van der Waals surface area contributed by atoms with E-state index < -0.39 is 0 Å². The van der Waals surface area contributed by atoms with Crippen molar-refractivity contribution in [3.05, 3.63) is 42.5 Å². The molecule has 1 aromatic heterocycles. The van der Waals surface area contributed by atoms with Crippen LogP contribution in [0.25, 0.3) is 0 Å². The summed E-state index contributed by atoms with van der Waals surface area (Å²) in [7, 11) is 3.81. The Morgan fingerprint density at radius 2 is 2.20 bits per heavy atom. The van der Waals surface area contributed by atoms with Crippen molar-refractivity contribution in [1.82, 2.24) is 14.5 Å². The molecular formula is C14H19N5O. The van der Waals surface area contributed by atoms with Crippen LogP contribution in [-0.4, -0.2) is 34.0 Å². The molecule has 0 atom stereocenters. The minimum atomic E-state index is -0.0976. The van der Waals surface area contributed by atoms with Gasteiger partial charge in [-0.25, -0.2) is 4.98 Å². The number of para-hydroxylation sites is 2. The largest absolute Gasteiger partial charge is 0.397 e. The fraction of sp³-hybridized carbons (Fsp3) is 0.286. The van der Waals surface area contributed by atoms with E-state index >= 15 is 0 Å². The number of carbonyl (C=O) groups excluding carboxylic acids is 1. The van der Waals surface area contributed by atoms with E-state index in [4.69, 9.17) is 5.73 Å². The SMILES string of the molecule is CN(CC(=O)Nc1ccccc1N)Cc1nccn1C. The average Bonchev–Trinajstić information content (AvgIpc) is 2.77. The zero-order chi connectivity index (χ0) is 14.5. The predicted octanol–water partition coefficient (Wildman–Crippen LogP) is 1.07. The Labute approximate surface area is 118 Å². The predicted molar refractivity (Wildman–Crippen MR) is 79.0 cm³/mol. The highest BCUT2D eigenvalue weighted by molar-refractivity contribution is 5.95. The molecule has 2 aromatic rings. The topological polar surface area (TPSA) is 76.2 Å². The van der Waals surface area contributed by atoms with Crippen LogP contribution < -0.4 is 11.1 Å². The van der Waals surface area contributed by atoms with Crippen molar-refractivity contribution in [2.24, 2.45) is 7.05 Å². The molecule has 1 amide bonds. The molecule has 1 heterocycles. The van der Waals surface area contributed by atoms with Gasteiger partial charge in [0.1, 0.15) is 5.82 Å². The number of hydrogen-bond donors (Lipinski definition) is 2. The third-order valence-electron chi connectivity index (χ3n) is 2.98. The maximum atomic E-state index is 12.0. The quantitative estimate of drug-likeness (QED) is 0.799. The van der Waals surface area contributed by atoms with E-state index in [0.29, 0.717) is 17.9 Å². The van der Waals surface area contributed by atoms with Gasteiger partial charge in [0.15, 0.2) is 0 Å². The van der Waals surface area contributed by atoms with Crippen LogP contribution >= 0.6 is 0 Å². The Kier molecular flexibility index (Phi) is 4.37. The lowest BCUT2D eigenvalue weighted by Crippen LogP contribution is -2.30. The molecule has 106 valence electrons. The molecule has 0 bridgehead atoms. The third-order valence-corrected chi connectivity index (χ3v) is 2.98. The summed E-state index contributed by atoms with van der Waals surface area (Å²) in [5.41, 5.74) is 6.99. The minimum Gasteiger partial charge on any atom is -0.397 e. The molecule has 0 aliphatic heterocycles. The summed E-state index contributed by atoms with van der Waals surface area (Å²) >= 11 is 0. The van der Waals surface area contributed by atoms with E-state index in [9.17, 15) is 4.79 Å². The van der Waals surface area contributed by atoms with Gasteiger partial charge in [-0.3, -0.25) is 9.69 Å². The van der Waals surface area contributed by atoms with E-state index in [1.54, 1.807) is 18.3 Å². The molecule has 0 aliphatic rings. The van der Waals surface area contributed by atoms with Crippen molar-refractivity contribution in [2.45, 2.75) is 6.54 Å². The Balaban J connectivity index is 1.88. The van der Waals surface area contributed by atoms with Crippen LogP contribution in [0.15, 0.2) is 36.7 Å². The molecule has 6 nitrogen and oxygen atoms in total. The van der Waals surface area contributed by atoms with Gasteiger partial charge in [0.25, 0.3) is 0 Å². The van der Waals surface area contributed by atoms with Gasteiger partial charge in [0.2, 0.25) is 5.91 Å². The van der Waals surface area contributed by atoms with Crippen LogP contribution in [0.1, 0.15) is 5.82 Å². The summed E-state index contributed by atoms with van der Waals surface area (Å²) < 4.78 is 1.93.